The molecule has 8 nitrogen and oxygen atoms in total. The number of carbonyl (C=O) groups excluding carboxylic acids is 2. The van der Waals surface area contributed by atoms with Crippen molar-refractivity contribution in [1.29, 1.82) is 0 Å². The summed E-state index contributed by atoms with van der Waals surface area (Å²) >= 11 is 6.02. The number of hydrogen-bond acceptors (Lipinski definition) is 5. The number of hydrogen-bond donors (Lipinski definition) is 3. The standard InChI is InChI=1S/C20H20ClN3O5/c21-13-5-3-4-12(8-13)9-16(23-18(26)15-6-1-2-7-22-15)19(27)24-11-14(25)10-17(24)20(28)29/h1-8,14,16-17,25H,9-11H2,(H,23,26)(H,28,29)/t14-,16+,17+/m1/s1. The Morgan fingerprint density at radius 2 is 2.03 bits per heavy atom. The Bertz CT molecular complexity index is 908. The Morgan fingerprint density at radius 1 is 1.24 bits per heavy atom. The van der Waals surface area contributed by atoms with Crippen LogP contribution in [0.1, 0.15) is 22.5 Å². The summed E-state index contributed by atoms with van der Waals surface area (Å²) in [7, 11) is 0. The second-order valence-corrected chi connectivity index (χ2v) is 7.25. The second-order valence-electron chi connectivity index (χ2n) is 6.81. The molecule has 29 heavy (non-hydrogen) atoms. The maximum absolute atomic E-state index is 13.1. The SMILES string of the molecule is O=C(N[C@@H](Cc1cccc(Cl)c1)C(=O)N1C[C@H](O)C[C@H]1C(=O)O)c1ccccn1. The summed E-state index contributed by atoms with van der Waals surface area (Å²) in [6, 6.07) is 9.46. The number of aromatic nitrogens is 1. The van der Waals surface area contributed by atoms with Crippen LogP contribution < -0.4 is 5.32 Å². The van der Waals surface area contributed by atoms with Gasteiger partial charge in [0, 0.05) is 30.6 Å². The Morgan fingerprint density at radius 3 is 2.69 bits per heavy atom. The fourth-order valence-electron chi connectivity index (χ4n) is 3.32. The number of β-amino-alcohol motifs (C(OH)–C–C–N with tert-alkyl or cyclic N) is 1. The van der Waals surface area contributed by atoms with Crippen molar-refractivity contribution in [3.05, 3.63) is 64.9 Å². The van der Waals surface area contributed by atoms with Crippen molar-refractivity contribution in [2.45, 2.75) is 31.0 Å². The molecule has 0 unspecified atom stereocenters. The molecule has 3 rings (SSSR count). The predicted octanol–water partition coefficient (Wildman–Crippen LogP) is 1.12. The van der Waals surface area contributed by atoms with Gasteiger partial charge in [-0.25, -0.2) is 4.79 Å². The van der Waals surface area contributed by atoms with E-state index in [9.17, 15) is 24.6 Å². The zero-order valence-electron chi connectivity index (χ0n) is 15.4. The molecular formula is C20H20ClN3O5. The van der Waals surface area contributed by atoms with E-state index >= 15 is 0 Å². The molecule has 1 aromatic carbocycles. The van der Waals surface area contributed by atoms with E-state index in [0.717, 1.165) is 4.90 Å². The van der Waals surface area contributed by atoms with Crippen LogP contribution in [0.2, 0.25) is 5.02 Å². The highest BCUT2D eigenvalue weighted by Gasteiger charge is 2.41. The van der Waals surface area contributed by atoms with Crippen LogP contribution in [0, 0.1) is 0 Å². The van der Waals surface area contributed by atoms with Crippen molar-refractivity contribution in [3.63, 3.8) is 0 Å². The summed E-state index contributed by atoms with van der Waals surface area (Å²) in [6.07, 6.45) is 0.578. The minimum absolute atomic E-state index is 0.0564. The molecule has 2 heterocycles. The van der Waals surface area contributed by atoms with E-state index in [1.165, 1.54) is 12.3 Å². The molecule has 1 aliphatic rings. The first-order valence-corrected chi connectivity index (χ1v) is 9.40. The van der Waals surface area contributed by atoms with E-state index in [-0.39, 0.29) is 25.1 Å². The molecule has 2 aromatic rings. The molecule has 1 fully saturated rings. The first kappa shape index (κ1) is 20.8. The predicted molar refractivity (Wildman–Crippen MR) is 104 cm³/mol. The van der Waals surface area contributed by atoms with Gasteiger partial charge in [-0.2, -0.15) is 0 Å². The number of pyridine rings is 1. The molecular weight excluding hydrogens is 398 g/mol. The summed E-state index contributed by atoms with van der Waals surface area (Å²) in [5.74, 6) is -2.34. The zero-order chi connectivity index (χ0) is 21.0. The molecule has 1 aliphatic heterocycles. The number of aliphatic hydroxyl groups is 1. The Balaban J connectivity index is 1.86. The van der Waals surface area contributed by atoms with Crippen molar-refractivity contribution >= 4 is 29.4 Å². The van der Waals surface area contributed by atoms with Crippen molar-refractivity contribution in [3.8, 4) is 0 Å². The lowest BCUT2D eigenvalue weighted by Gasteiger charge is -2.27. The minimum Gasteiger partial charge on any atom is -0.480 e. The van der Waals surface area contributed by atoms with Gasteiger partial charge in [0.2, 0.25) is 5.91 Å². The van der Waals surface area contributed by atoms with E-state index in [2.05, 4.69) is 10.3 Å². The number of halogens is 1. The van der Waals surface area contributed by atoms with Gasteiger partial charge < -0.3 is 20.4 Å². The third-order valence-electron chi connectivity index (χ3n) is 4.68. The number of carbonyl (C=O) groups is 3. The maximum atomic E-state index is 13.1. The summed E-state index contributed by atoms with van der Waals surface area (Å²) in [6.45, 7) is -0.110. The third kappa shape index (κ3) is 5.10. The van der Waals surface area contributed by atoms with Crippen LogP contribution in [0.3, 0.4) is 0 Å². The highest BCUT2D eigenvalue weighted by molar-refractivity contribution is 6.30. The van der Waals surface area contributed by atoms with Gasteiger partial charge in [0.25, 0.3) is 5.91 Å². The van der Waals surface area contributed by atoms with E-state index < -0.39 is 36.0 Å². The lowest BCUT2D eigenvalue weighted by atomic mass is 10.0. The van der Waals surface area contributed by atoms with Crippen LogP contribution in [0.5, 0.6) is 0 Å². The Labute approximate surface area is 172 Å². The lowest BCUT2D eigenvalue weighted by Crippen LogP contribution is -2.52. The van der Waals surface area contributed by atoms with Gasteiger partial charge in [-0.15, -0.1) is 0 Å². The van der Waals surface area contributed by atoms with Gasteiger partial charge in [0.1, 0.15) is 17.8 Å². The van der Waals surface area contributed by atoms with Gasteiger partial charge in [-0.3, -0.25) is 14.6 Å². The van der Waals surface area contributed by atoms with Gasteiger partial charge in [-0.1, -0.05) is 29.8 Å². The van der Waals surface area contributed by atoms with Crippen molar-refractivity contribution in [2.75, 3.05) is 6.54 Å². The summed E-state index contributed by atoms with van der Waals surface area (Å²) < 4.78 is 0. The van der Waals surface area contributed by atoms with Gasteiger partial charge in [0.05, 0.1) is 6.10 Å². The third-order valence-corrected chi connectivity index (χ3v) is 4.91. The average Bonchev–Trinajstić information content (AvgIpc) is 3.09. The number of rotatable bonds is 6. The number of aliphatic hydroxyl groups excluding tert-OH is 1. The molecule has 1 aromatic heterocycles. The highest BCUT2D eigenvalue weighted by atomic mass is 35.5. The van der Waals surface area contributed by atoms with E-state index in [4.69, 9.17) is 11.6 Å². The van der Waals surface area contributed by atoms with Crippen molar-refractivity contribution < 1.29 is 24.6 Å². The van der Waals surface area contributed by atoms with Crippen LogP contribution in [-0.2, 0) is 16.0 Å². The molecule has 3 N–H and O–H groups in total. The summed E-state index contributed by atoms with van der Waals surface area (Å²) in [4.78, 5) is 42.3. The number of carboxylic acid groups (broad SMARTS) is 1. The molecule has 0 aliphatic carbocycles. The molecule has 0 saturated carbocycles. The fraction of sp³-hybridized carbons (Fsp3) is 0.300. The monoisotopic (exact) mass is 417 g/mol. The number of amides is 2. The van der Waals surface area contributed by atoms with E-state index in [0.29, 0.717) is 10.6 Å². The number of likely N-dealkylation sites (tertiary alicyclic amines) is 1. The van der Waals surface area contributed by atoms with Gasteiger partial charge in [-0.05, 0) is 29.8 Å². The van der Waals surface area contributed by atoms with Crippen LogP contribution in [0.4, 0.5) is 0 Å². The maximum Gasteiger partial charge on any atom is 0.326 e. The summed E-state index contributed by atoms with van der Waals surface area (Å²) in [5, 5.41) is 22.4. The average molecular weight is 418 g/mol. The Hall–Kier alpha value is -2.97. The number of benzene rings is 1. The van der Waals surface area contributed by atoms with E-state index in [1.807, 2.05) is 0 Å². The number of aliphatic carboxylic acids is 1. The van der Waals surface area contributed by atoms with E-state index in [1.54, 1.807) is 36.4 Å². The lowest BCUT2D eigenvalue weighted by molar-refractivity contribution is -0.148. The summed E-state index contributed by atoms with van der Waals surface area (Å²) in [5.41, 5.74) is 0.830. The fourth-order valence-corrected chi connectivity index (χ4v) is 3.53. The molecule has 0 radical (unpaired) electrons. The Kier molecular flexibility index (Phi) is 6.46. The second kappa shape index (κ2) is 9.02. The molecule has 1 saturated heterocycles. The largest absolute Gasteiger partial charge is 0.480 e. The van der Waals surface area contributed by atoms with Gasteiger partial charge in [0.15, 0.2) is 0 Å². The zero-order valence-corrected chi connectivity index (χ0v) is 16.1. The van der Waals surface area contributed by atoms with Crippen LogP contribution >= 0.6 is 11.6 Å². The van der Waals surface area contributed by atoms with Gasteiger partial charge >= 0.3 is 5.97 Å². The molecule has 9 heteroatoms. The van der Waals surface area contributed by atoms with Crippen LogP contribution in [0.25, 0.3) is 0 Å². The molecule has 2 amide bonds. The first-order valence-electron chi connectivity index (χ1n) is 9.03. The van der Waals surface area contributed by atoms with Crippen molar-refractivity contribution in [1.82, 2.24) is 15.2 Å². The normalized spacial score (nSPS) is 19.6. The van der Waals surface area contributed by atoms with Crippen LogP contribution in [-0.4, -0.2) is 62.6 Å². The van der Waals surface area contributed by atoms with Crippen LogP contribution in [0.15, 0.2) is 48.7 Å². The number of nitrogens with one attached hydrogen (secondary N) is 1. The molecule has 152 valence electrons. The number of nitrogens with zero attached hydrogens (tertiary/aromatic N) is 2. The quantitative estimate of drug-likeness (QED) is 0.648. The van der Waals surface area contributed by atoms with Crippen molar-refractivity contribution in [2.24, 2.45) is 0 Å². The molecule has 0 spiro atoms. The smallest absolute Gasteiger partial charge is 0.326 e. The number of carboxylic acids is 1. The highest BCUT2D eigenvalue weighted by Crippen LogP contribution is 2.21. The first-order chi connectivity index (χ1) is 13.8. The molecule has 3 atom stereocenters. The minimum atomic E-state index is -1.20. The molecule has 0 bridgehead atoms. The topological polar surface area (TPSA) is 120 Å².